The zero-order valence-electron chi connectivity index (χ0n) is 11.7. The van der Waals surface area contributed by atoms with E-state index in [0.29, 0.717) is 18.5 Å². The predicted molar refractivity (Wildman–Crippen MR) is 75.5 cm³/mol. The summed E-state index contributed by atoms with van der Waals surface area (Å²) >= 11 is 0. The number of amides is 1. The smallest absolute Gasteiger partial charge is 0.221 e. The van der Waals surface area contributed by atoms with Gasteiger partial charge in [-0.3, -0.25) is 4.79 Å². The topological polar surface area (TPSA) is 64.9 Å². The molecular weight excluding hydrogens is 238 g/mol. The van der Waals surface area contributed by atoms with Crippen molar-refractivity contribution in [2.24, 2.45) is 0 Å². The predicted octanol–water partition coefficient (Wildman–Crippen LogP) is 2.12. The normalized spacial score (nSPS) is 11.9. The maximum atomic E-state index is 11.5. The Balaban J connectivity index is 2.36. The Morgan fingerprint density at radius 1 is 1.26 bits per heavy atom. The van der Waals surface area contributed by atoms with E-state index in [9.17, 15) is 4.79 Å². The van der Waals surface area contributed by atoms with Crippen LogP contribution in [0.3, 0.4) is 0 Å². The van der Waals surface area contributed by atoms with Crippen LogP contribution in [0.2, 0.25) is 0 Å². The van der Waals surface area contributed by atoms with Crippen LogP contribution in [-0.4, -0.2) is 18.5 Å². The van der Waals surface area contributed by atoms with Gasteiger partial charge in [0.1, 0.15) is 0 Å². The van der Waals surface area contributed by atoms with Crippen LogP contribution in [0.15, 0.2) is 24.3 Å². The van der Waals surface area contributed by atoms with E-state index in [-0.39, 0.29) is 18.0 Å². The summed E-state index contributed by atoms with van der Waals surface area (Å²) < 4.78 is 0. The van der Waals surface area contributed by atoms with Crippen LogP contribution in [0.1, 0.15) is 44.4 Å². The van der Waals surface area contributed by atoms with Gasteiger partial charge in [0.25, 0.3) is 0 Å². The molecule has 0 aliphatic carbocycles. The van der Waals surface area contributed by atoms with Gasteiger partial charge in [0, 0.05) is 25.0 Å². The average Bonchev–Trinajstić information content (AvgIpc) is 2.37. The van der Waals surface area contributed by atoms with E-state index in [1.807, 2.05) is 32.9 Å². The van der Waals surface area contributed by atoms with Gasteiger partial charge in [-0.05, 0) is 38.5 Å². The standard InChI is InChI=1S/C15H21N3O/c1-11(2)18-15(19)8-9-17-12(3)14-6-4-13(10-16)5-7-14/h4-7,11-12,17H,8-9H2,1-3H3,(H,18,19). The fourth-order valence-corrected chi connectivity index (χ4v) is 1.76. The highest BCUT2D eigenvalue weighted by Crippen LogP contribution is 2.12. The third-order valence-corrected chi connectivity index (χ3v) is 2.79. The summed E-state index contributed by atoms with van der Waals surface area (Å²) in [6.07, 6.45) is 0.471. The van der Waals surface area contributed by atoms with Crippen molar-refractivity contribution >= 4 is 5.91 Å². The van der Waals surface area contributed by atoms with Crippen molar-refractivity contribution in [2.45, 2.75) is 39.3 Å². The first-order valence-corrected chi connectivity index (χ1v) is 6.55. The van der Waals surface area contributed by atoms with Crippen molar-refractivity contribution in [3.05, 3.63) is 35.4 Å². The molecule has 0 radical (unpaired) electrons. The third-order valence-electron chi connectivity index (χ3n) is 2.79. The first-order chi connectivity index (χ1) is 9.02. The molecule has 0 aliphatic heterocycles. The van der Waals surface area contributed by atoms with Gasteiger partial charge in [0.2, 0.25) is 5.91 Å². The second-order valence-electron chi connectivity index (χ2n) is 4.88. The molecule has 1 unspecified atom stereocenters. The van der Waals surface area contributed by atoms with Gasteiger partial charge in [-0.25, -0.2) is 0 Å². The lowest BCUT2D eigenvalue weighted by atomic mass is 10.1. The quantitative estimate of drug-likeness (QED) is 0.822. The summed E-state index contributed by atoms with van der Waals surface area (Å²) in [5, 5.41) is 14.9. The zero-order valence-corrected chi connectivity index (χ0v) is 11.7. The van der Waals surface area contributed by atoms with Crippen molar-refractivity contribution < 1.29 is 4.79 Å². The molecule has 102 valence electrons. The molecule has 0 saturated carbocycles. The van der Waals surface area contributed by atoms with Crippen molar-refractivity contribution in [1.29, 1.82) is 5.26 Å². The van der Waals surface area contributed by atoms with Gasteiger partial charge in [0.05, 0.1) is 11.6 Å². The summed E-state index contributed by atoms with van der Waals surface area (Å²) in [5.74, 6) is 0.0644. The number of hydrogen-bond acceptors (Lipinski definition) is 3. The molecule has 1 atom stereocenters. The van der Waals surface area contributed by atoms with Gasteiger partial charge >= 0.3 is 0 Å². The van der Waals surface area contributed by atoms with E-state index in [1.54, 1.807) is 12.1 Å². The lowest BCUT2D eigenvalue weighted by Crippen LogP contribution is -2.33. The Bertz CT molecular complexity index is 445. The van der Waals surface area contributed by atoms with Crippen molar-refractivity contribution in [1.82, 2.24) is 10.6 Å². The van der Waals surface area contributed by atoms with Crippen LogP contribution in [0, 0.1) is 11.3 Å². The van der Waals surface area contributed by atoms with Crippen molar-refractivity contribution in [3.8, 4) is 6.07 Å². The molecule has 0 heterocycles. The lowest BCUT2D eigenvalue weighted by molar-refractivity contribution is -0.121. The van der Waals surface area contributed by atoms with E-state index in [0.717, 1.165) is 5.56 Å². The molecule has 1 rings (SSSR count). The highest BCUT2D eigenvalue weighted by atomic mass is 16.1. The maximum absolute atomic E-state index is 11.5. The van der Waals surface area contributed by atoms with E-state index < -0.39 is 0 Å². The van der Waals surface area contributed by atoms with Crippen LogP contribution in [0.4, 0.5) is 0 Å². The number of benzene rings is 1. The van der Waals surface area contributed by atoms with Crippen LogP contribution in [0.25, 0.3) is 0 Å². The molecule has 0 saturated heterocycles. The SMILES string of the molecule is CC(C)NC(=O)CCNC(C)c1ccc(C#N)cc1. The molecule has 1 aromatic rings. The van der Waals surface area contributed by atoms with E-state index >= 15 is 0 Å². The van der Waals surface area contributed by atoms with Crippen LogP contribution >= 0.6 is 0 Å². The number of nitrogens with one attached hydrogen (secondary N) is 2. The van der Waals surface area contributed by atoms with Gasteiger partial charge in [-0.2, -0.15) is 5.26 Å². The molecule has 0 fully saturated rings. The number of carbonyl (C=O) groups is 1. The van der Waals surface area contributed by atoms with E-state index in [1.165, 1.54) is 0 Å². The number of hydrogen-bond donors (Lipinski definition) is 2. The summed E-state index contributed by atoms with van der Waals surface area (Å²) in [6, 6.07) is 9.93. The Hall–Kier alpha value is -1.86. The summed E-state index contributed by atoms with van der Waals surface area (Å²) in [5.41, 5.74) is 1.77. The maximum Gasteiger partial charge on any atom is 0.221 e. The minimum atomic E-state index is 0.0644. The highest BCUT2D eigenvalue weighted by Gasteiger charge is 2.07. The molecule has 1 amide bonds. The Kier molecular flexibility index (Phi) is 6.04. The Morgan fingerprint density at radius 3 is 2.42 bits per heavy atom. The van der Waals surface area contributed by atoms with Crippen LogP contribution in [0.5, 0.6) is 0 Å². The minimum Gasteiger partial charge on any atom is -0.354 e. The average molecular weight is 259 g/mol. The third kappa shape index (κ3) is 5.54. The van der Waals surface area contributed by atoms with Crippen molar-refractivity contribution in [2.75, 3.05) is 6.54 Å². The van der Waals surface area contributed by atoms with Gasteiger partial charge in [0.15, 0.2) is 0 Å². The first-order valence-electron chi connectivity index (χ1n) is 6.55. The number of rotatable bonds is 6. The number of carbonyl (C=O) groups excluding carboxylic acids is 1. The molecule has 19 heavy (non-hydrogen) atoms. The molecule has 1 aromatic carbocycles. The first kappa shape index (κ1) is 15.2. The minimum absolute atomic E-state index is 0.0644. The molecule has 2 N–H and O–H groups in total. The van der Waals surface area contributed by atoms with Gasteiger partial charge in [-0.1, -0.05) is 12.1 Å². The van der Waals surface area contributed by atoms with E-state index in [4.69, 9.17) is 5.26 Å². The molecule has 0 aliphatic rings. The van der Waals surface area contributed by atoms with Crippen molar-refractivity contribution in [3.63, 3.8) is 0 Å². The van der Waals surface area contributed by atoms with Gasteiger partial charge < -0.3 is 10.6 Å². The Labute approximate surface area is 114 Å². The summed E-state index contributed by atoms with van der Waals surface area (Å²) in [6.45, 7) is 6.58. The number of nitriles is 1. The molecular formula is C15H21N3O. The van der Waals surface area contributed by atoms with Crippen LogP contribution in [-0.2, 0) is 4.79 Å². The van der Waals surface area contributed by atoms with E-state index in [2.05, 4.69) is 16.7 Å². The second-order valence-corrected chi connectivity index (χ2v) is 4.88. The molecule has 4 heteroatoms. The largest absolute Gasteiger partial charge is 0.354 e. The van der Waals surface area contributed by atoms with Crippen LogP contribution < -0.4 is 10.6 Å². The van der Waals surface area contributed by atoms with Gasteiger partial charge in [-0.15, -0.1) is 0 Å². The molecule has 0 spiro atoms. The zero-order chi connectivity index (χ0) is 14.3. The second kappa shape index (κ2) is 7.55. The molecule has 0 bridgehead atoms. The highest BCUT2D eigenvalue weighted by molar-refractivity contribution is 5.76. The molecule has 0 aromatic heterocycles. The molecule has 4 nitrogen and oxygen atoms in total. The Morgan fingerprint density at radius 2 is 1.89 bits per heavy atom. The fourth-order valence-electron chi connectivity index (χ4n) is 1.76. The number of nitrogens with zero attached hydrogens (tertiary/aromatic N) is 1. The summed E-state index contributed by atoms with van der Waals surface area (Å²) in [4.78, 5) is 11.5. The lowest BCUT2D eigenvalue weighted by Gasteiger charge is -2.14. The monoisotopic (exact) mass is 259 g/mol. The summed E-state index contributed by atoms with van der Waals surface area (Å²) in [7, 11) is 0. The fraction of sp³-hybridized carbons (Fsp3) is 0.467.